The molecule has 102 valence electrons. The van der Waals surface area contributed by atoms with Gasteiger partial charge in [-0.2, -0.15) is 0 Å². The average Bonchev–Trinajstić information content (AvgIpc) is 2.78. The summed E-state index contributed by atoms with van der Waals surface area (Å²) in [6.07, 6.45) is 3.58. The van der Waals surface area contributed by atoms with Crippen molar-refractivity contribution in [1.29, 1.82) is 0 Å². The van der Waals surface area contributed by atoms with Gasteiger partial charge in [-0.05, 0) is 31.4 Å². The maximum Gasteiger partial charge on any atom is 0.206 e. The van der Waals surface area contributed by atoms with Crippen LogP contribution in [0.15, 0.2) is 18.2 Å². The van der Waals surface area contributed by atoms with Gasteiger partial charge in [0.25, 0.3) is 0 Å². The van der Waals surface area contributed by atoms with Gasteiger partial charge >= 0.3 is 0 Å². The Morgan fingerprint density at radius 3 is 2.74 bits per heavy atom. The first-order valence-corrected chi connectivity index (χ1v) is 6.81. The van der Waals surface area contributed by atoms with Crippen LogP contribution in [0.25, 0.3) is 11.0 Å². The van der Waals surface area contributed by atoms with E-state index in [1.165, 1.54) is 18.6 Å². The lowest BCUT2D eigenvalue weighted by atomic mass is 10.1. The predicted molar refractivity (Wildman–Crippen MR) is 72.8 cm³/mol. The minimum absolute atomic E-state index is 0.0592. The first kappa shape index (κ1) is 12.4. The van der Waals surface area contributed by atoms with Crippen molar-refractivity contribution in [1.82, 2.24) is 9.55 Å². The van der Waals surface area contributed by atoms with Crippen LogP contribution in [0.1, 0.15) is 19.3 Å². The van der Waals surface area contributed by atoms with Crippen LogP contribution >= 0.6 is 0 Å². The summed E-state index contributed by atoms with van der Waals surface area (Å²) in [5, 5.41) is 9.23. The van der Waals surface area contributed by atoms with Crippen LogP contribution in [0.4, 0.5) is 10.3 Å². The fraction of sp³-hybridized carbons (Fsp3) is 0.500. The van der Waals surface area contributed by atoms with Crippen molar-refractivity contribution in [2.45, 2.75) is 25.8 Å². The number of benzene rings is 1. The maximum atomic E-state index is 13.3. The third-order valence-corrected chi connectivity index (χ3v) is 3.65. The molecule has 0 bridgehead atoms. The number of anilines is 1. The first-order valence-electron chi connectivity index (χ1n) is 6.81. The molecule has 0 atom stereocenters. The second-order valence-electron chi connectivity index (χ2n) is 4.97. The third-order valence-electron chi connectivity index (χ3n) is 3.65. The summed E-state index contributed by atoms with van der Waals surface area (Å²) in [5.74, 6) is 0.584. The summed E-state index contributed by atoms with van der Waals surface area (Å²) < 4.78 is 15.3. The van der Waals surface area contributed by atoms with Crippen LogP contribution in [-0.2, 0) is 6.54 Å². The summed E-state index contributed by atoms with van der Waals surface area (Å²) in [6, 6.07) is 4.63. The molecule has 0 saturated carbocycles. The number of hydrogen-bond acceptors (Lipinski definition) is 3. The SMILES string of the molecule is OCCn1c(N2CCCCC2)nc2cc(F)ccc21. The molecule has 0 aliphatic carbocycles. The Morgan fingerprint density at radius 1 is 1.21 bits per heavy atom. The molecule has 0 amide bonds. The second kappa shape index (κ2) is 5.17. The summed E-state index contributed by atoms with van der Waals surface area (Å²) in [4.78, 5) is 6.79. The van der Waals surface area contributed by atoms with E-state index in [1.54, 1.807) is 6.07 Å². The largest absolute Gasteiger partial charge is 0.395 e. The number of aliphatic hydroxyl groups excluding tert-OH is 1. The number of piperidine rings is 1. The molecular weight excluding hydrogens is 245 g/mol. The maximum absolute atomic E-state index is 13.3. The van der Waals surface area contributed by atoms with Crippen molar-refractivity contribution < 1.29 is 9.50 Å². The van der Waals surface area contributed by atoms with Gasteiger partial charge in [0.2, 0.25) is 5.95 Å². The van der Waals surface area contributed by atoms with Gasteiger partial charge < -0.3 is 14.6 Å². The minimum atomic E-state index is -0.272. The number of nitrogens with zero attached hydrogens (tertiary/aromatic N) is 3. The minimum Gasteiger partial charge on any atom is -0.395 e. The number of imidazole rings is 1. The van der Waals surface area contributed by atoms with Crippen molar-refractivity contribution in [3.63, 3.8) is 0 Å². The monoisotopic (exact) mass is 263 g/mol. The highest BCUT2D eigenvalue weighted by molar-refractivity contribution is 5.79. The Morgan fingerprint density at radius 2 is 2.00 bits per heavy atom. The molecule has 1 aliphatic rings. The van der Waals surface area contributed by atoms with Gasteiger partial charge in [0, 0.05) is 25.7 Å². The molecule has 1 aliphatic heterocycles. The van der Waals surface area contributed by atoms with E-state index in [2.05, 4.69) is 9.88 Å². The van der Waals surface area contributed by atoms with E-state index in [0.717, 1.165) is 37.4 Å². The van der Waals surface area contributed by atoms with Crippen molar-refractivity contribution >= 4 is 17.0 Å². The topological polar surface area (TPSA) is 41.3 Å². The number of aliphatic hydroxyl groups is 1. The summed E-state index contributed by atoms with van der Waals surface area (Å²) >= 11 is 0. The van der Waals surface area contributed by atoms with Crippen LogP contribution in [0.3, 0.4) is 0 Å². The van der Waals surface area contributed by atoms with Gasteiger partial charge in [0.05, 0.1) is 17.6 Å². The van der Waals surface area contributed by atoms with E-state index < -0.39 is 0 Å². The van der Waals surface area contributed by atoms with E-state index in [1.807, 2.05) is 4.57 Å². The molecule has 19 heavy (non-hydrogen) atoms. The number of hydrogen-bond donors (Lipinski definition) is 1. The molecular formula is C14H18FN3O. The van der Waals surface area contributed by atoms with Gasteiger partial charge in [-0.25, -0.2) is 9.37 Å². The molecule has 0 spiro atoms. The Kier molecular flexibility index (Phi) is 3.38. The molecule has 1 fully saturated rings. The van der Waals surface area contributed by atoms with Crippen molar-refractivity contribution in [3.8, 4) is 0 Å². The predicted octanol–water partition coefficient (Wildman–Crippen LogP) is 2.16. The molecule has 2 heterocycles. The number of fused-ring (bicyclic) bond motifs is 1. The average molecular weight is 263 g/mol. The van der Waals surface area contributed by atoms with Crippen LogP contribution in [0, 0.1) is 5.82 Å². The third kappa shape index (κ3) is 2.30. The normalized spacial score (nSPS) is 16.2. The second-order valence-corrected chi connectivity index (χ2v) is 4.97. The standard InChI is InChI=1S/C14H18FN3O/c15-11-4-5-13-12(10-11)16-14(18(13)8-9-19)17-6-2-1-3-7-17/h4-5,10,19H,1-3,6-9H2. The summed E-state index contributed by atoms with van der Waals surface area (Å²) in [6.45, 7) is 2.52. The molecule has 0 radical (unpaired) electrons. The zero-order valence-electron chi connectivity index (χ0n) is 10.8. The Hall–Kier alpha value is -1.62. The fourth-order valence-corrected chi connectivity index (χ4v) is 2.75. The Bertz CT molecular complexity index is 575. The zero-order chi connectivity index (χ0) is 13.2. The highest BCUT2D eigenvalue weighted by atomic mass is 19.1. The summed E-state index contributed by atoms with van der Waals surface area (Å²) in [5.41, 5.74) is 1.55. The van der Waals surface area contributed by atoms with Gasteiger partial charge in [0.15, 0.2) is 0 Å². The molecule has 2 aromatic rings. The Labute approximate surface area is 111 Å². The van der Waals surface area contributed by atoms with Crippen molar-refractivity contribution in [2.75, 3.05) is 24.6 Å². The number of aromatic nitrogens is 2. The van der Waals surface area contributed by atoms with E-state index in [4.69, 9.17) is 0 Å². The van der Waals surface area contributed by atoms with Crippen molar-refractivity contribution in [2.24, 2.45) is 0 Å². The molecule has 0 unspecified atom stereocenters. The zero-order valence-corrected chi connectivity index (χ0v) is 10.8. The van der Waals surface area contributed by atoms with Crippen LogP contribution in [-0.4, -0.2) is 34.4 Å². The summed E-state index contributed by atoms with van der Waals surface area (Å²) in [7, 11) is 0. The molecule has 4 nitrogen and oxygen atoms in total. The lowest BCUT2D eigenvalue weighted by Crippen LogP contribution is -2.32. The lowest BCUT2D eigenvalue weighted by molar-refractivity contribution is 0.278. The highest BCUT2D eigenvalue weighted by Gasteiger charge is 2.19. The van der Waals surface area contributed by atoms with E-state index in [0.29, 0.717) is 12.1 Å². The van der Waals surface area contributed by atoms with E-state index in [9.17, 15) is 9.50 Å². The fourth-order valence-electron chi connectivity index (χ4n) is 2.75. The number of rotatable bonds is 3. The molecule has 1 aromatic heterocycles. The molecule has 1 saturated heterocycles. The van der Waals surface area contributed by atoms with Crippen LogP contribution in [0.5, 0.6) is 0 Å². The van der Waals surface area contributed by atoms with Gasteiger partial charge in [-0.1, -0.05) is 0 Å². The molecule has 1 aromatic carbocycles. The van der Waals surface area contributed by atoms with Gasteiger partial charge in [0.1, 0.15) is 5.82 Å². The Balaban J connectivity index is 2.08. The van der Waals surface area contributed by atoms with Gasteiger partial charge in [-0.3, -0.25) is 0 Å². The van der Waals surface area contributed by atoms with Crippen molar-refractivity contribution in [3.05, 3.63) is 24.0 Å². The lowest BCUT2D eigenvalue weighted by Gasteiger charge is -2.28. The molecule has 5 heteroatoms. The van der Waals surface area contributed by atoms with E-state index in [-0.39, 0.29) is 12.4 Å². The smallest absolute Gasteiger partial charge is 0.206 e. The van der Waals surface area contributed by atoms with E-state index >= 15 is 0 Å². The highest BCUT2D eigenvalue weighted by Crippen LogP contribution is 2.25. The quantitative estimate of drug-likeness (QED) is 0.922. The first-order chi connectivity index (χ1) is 9.29. The molecule has 3 rings (SSSR count). The number of halogens is 1. The van der Waals surface area contributed by atoms with Crippen LogP contribution in [0.2, 0.25) is 0 Å². The van der Waals surface area contributed by atoms with Crippen LogP contribution < -0.4 is 4.90 Å². The molecule has 1 N–H and O–H groups in total. The van der Waals surface area contributed by atoms with Gasteiger partial charge in [-0.15, -0.1) is 0 Å².